The molecule has 0 fully saturated rings. The van der Waals surface area contributed by atoms with E-state index in [1.54, 1.807) is 17.8 Å². The smallest absolute Gasteiger partial charge is 0.336 e. The van der Waals surface area contributed by atoms with Crippen LogP contribution in [0.3, 0.4) is 0 Å². The number of benzene rings is 2. The number of rotatable bonds is 8. The lowest BCUT2D eigenvalue weighted by Gasteiger charge is -2.13. The van der Waals surface area contributed by atoms with Gasteiger partial charge in [-0.1, -0.05) is 23.7 Å². The first-order chi connectivity index (χ1) is 13.4. The Morgan fingerprint density at radius 3 is 2.75 bits per heavy atom. The first kappa shape index (κ1) is 21.1. The maximum atomic E-state index is 11.3. The standard InChI is InChI=1S/C21H23ClN2O2S2/c1-13-10-18(11-19(14(13)2)21(25)26)28-23-9-3-4-17-12-27-20(24-17)15-5-7-16(22)8-6-15/h5-8,10-12,20,23-24H,3-4,9H2,1-2H3,(H,25,26). The Kier molecular flexibility index (Phi) is 7.35. The summed E-state index contributed by atoms with van der Waals surface area (Å²) in [4.78, 5) is 12.3. The molecule has 2 aromatic rings. The predicted molar refractivity (Wildman–Crippen MR) is 119 cm³/mol. The van der Waals surface area contributed by atoms with Crippen LogP contribution in [-0.4, -0.2) is 17.6 Å². The van der Waals surface area contributed by atoms with Crippen LogP contribution in [-0.2, 0) is 0 Å². The van der Waals surface area contributed by atoms with Crippen molar-refractivity contribution in [1.29, 1.82) is 0 Å². The van der Waals surface area contributed by atoms with Crippen molar-refractivity contribution in [2.75, 3.05) is 6.54 Å². The topological polar surface area (TPSA) is 61.4 Å². The van der Waals surface area contributed by atoms with Gasteiger partial charge in [0.25, 0.3) is 0 Å². The second kappa shape index (κ2) is 9.74. The number of aryl methyl sites for hydroxylation is 1. The first-order valence-electron chi connectivity index (χ1n) is 9.05. The molecule has 0 aliphatic carbocycles. The Bertz CT molecular complexity index is 885. The molecular weight excluding hydrogens is 412 g/mol. The molecule has 4 nitrogen and oxygen atoms in total. The predicted octanol–water partition coefficient (Wildman–Crippen LogP) is 5.91. The lowest BCUT2D eigenvalue weighted by molar-refractivity contribution is 0.0695. The van der Waals surface area contributed by atoms with Crippen LogP contribution in [0.4, 0.5) is 0 Å². The van der Waals surface area contributed by atoms with Gasteiger partial charge in [-0.2, -0.15) is 0 Å². The van der Waals surface area contributed by atoms with Crippen molar-refractivity contribution in [3.8, 4) is 0 Å². The van der Waals surface area contributed by atoms with Crippen molar-refractivity contribution in [1.82, 2.24) is 10.0 Å². The summed E-state index contributed by atoms with van der Waals surface area (Å²) in [5.41, 5.74) is 4.66. The number of carboxylic acids is 1. The van der Waals surface area contributed by atoms with Crippen LogP contribution < -0.4 is 10.0 Å². The van der Waals surface area contributed by atoms with Crippen LogP contribution in [0.15, 0.2) is 52.4 Å². The molecule has 1 atom stereocenters. The first-order valence-corrected chi connectivity index (χ1v) is 11.2. The van der Waals surface area contributed by atoms with Gasteiger partial charge in [0, 0.05) is 22.2 Å². The summed E-state index contributed by atoms with van der Waals surface area (Å²) in [6, 6.07) is 11.7. The van der Waals surface area contributed by atoms with Gasteiger partial charge < -0.3 is 10.4 Å². The van der Waals surface area contributed by atoms with Crippen LogP contribution in [0.2, 0.25) is 5.02 Å². The summed E-state index contributed by atoms with van der Waals surface area (Å²) in [7, 11) is 0. The van der Waals surface area contributed by atoms with Gasteiger partial charge in [0.2, 0.25) is 0 Å². The average Bonchev–Trinajstić information content (AvgIpc) is 3.13. The minimum Gasteiger partial charge on any atom is -0.478 e. The average molecular weight is 435 g/mol. The van der Waals surface area contributed by atoms with Gasteiger partial charge in [-0.15, -0.1) is 11.8 Å². The van der Waals surface area contributed by atoms with Crippen LogP contribution in [0.25, 0.3) is 0 Å². The van der Waals surface area contributed by atoms with Crippen LogP contribution >= 0.6 is 35.3 Å². The number of halogens is 1. The highest BCUT2D eigenvalue weighted by Crippen LogP contribution is 2.35. The zero-order valence-corrected chi connectivity index (χ0v) is 18.2. The molecule has 0 saturated heterocycles. The zero-order valence-electron chi connectivity index (χ0n) is 15.8. The molecule has 0 saturated carbocycles. The number of thioether (sulfide) groups is 1. The third-order valence-corrected chi connectivity index (χ3v) is 6.78. The molecule has 0 radical (unpaired) electrons. The molecular formula is C21H23ClN2O2S2. The number of hydrogen-bond donors (Lipinski definition) is 3. The molecule has 2 aromatic carbocycles. The molecule has 1 heterocycles. The van der Waals surface area contributed by atoms with Gasteiger partial charge in [-0.3, -0.25) is 4.72 Å². The zero-order chi connectivity index (χ0) is 20.1. The SMILES string of the molecule is Cc1cc(SNCCCC2=CSC(c3ccc(Cl)cc3)N2)cc(C(=O)O)c1C. The van der Waals surface area contributed by atoms with Crippen molar-refractivity contribution in [2.45, 2.75) is 37.0 Å². The summed E-state index contributed by atoms with van der Waals surface area (Å²) in [6.07, 6.45) is 1.97. The van der Waals surface area contributed by atoms with Gasteiger partial charge in [-0.25, -0.2) is 4.79 Å². The number of carboxylic acid groups (broad SMARTS) is 1. The summed E-state index contributed by atoms with van der Waals surface area (Å²) >= 11 is 9.22. The van der Waals surface area contributed by atoms with Crippen molar-refractivity contribution in [2.24, 2.45) is 0 Å². The van der Waals surface area contributed by atoms with E-state index in [9.17, 15) is 9.90 Å². The Balaban J connectivity index is 1.41. The van der Waals surface area contributed by atoms with E-state index in [0.717, 1.165) is 40.4 Å². The van der Waals surface area contributed by atoms with E-state index in [-0.39, 0.29) is 5.37 Å². The van der Waals surface area contributed by atoms with E-state index >= 15 is 0 Å². The largest absolute Gasteiger partial charge is 0.478 e. The number of nitrogens with one attached hydrogen (secondary N) is 2. The quantitative estimate of drug-likeness (QED) is 0.354. The summed E-state index contributed by atoms with van der Waals surface area (Å²) < 4.78 is 3.33. The minimum atomic E-state index is -0.880. The molecule has 28 heavy (non-hydrogen) atoms. The molecule has 3 rings (SSSR count). The summed E-state index contributed by atoms with van der Waals surface area (Å²) in [5.74, 6) is -0.880. The molecule has 0 spiro atoms. The van der Waals surface area contributed by atoms with Gasteiger partial charge in [-0.05, 0) is 85.0 Å². The van der Waals surface area contributed by atoms with Gasteiger partial charge in [0.05, 0.1) is 5.56 Å². The lowest BCUT2D eigenvalue weighted by Crippen LogP contribution is -2.14. The summed E-state index contributed by atoms with van der Waals surface area (Å²) in [6.45, 7) is 4.63. The molecule has 0 aromatic heterocycles. The fourth-order valence-electron chi connectivity index (χ4n) is 2.91. The number of carbonyl (C=O) groups is 1. The third kappa shape index (κ3) is 5.47. The molecule has 3 N–H and O–H groups in total. The lowest BCUT2D eigenvalue weighted by atomic mass is 10.0. The van der Waals surface area contributed by atoms with Crippen LogP contribution in [0.5, 0.6) is 0 Å². The van der Waals surface area contributed by atoms with Gasteiger partial charge in [0.1, 0.15) is 5.37 Å². The molecule has 1 unspecified atom stereocenters. The molecule has 1 aliphatic rings. The fraction of sp³-hybridized carbons (Fsp3) is 0.286. The van der Waals surface area contributed by atoms with Crippen molar-refractivity contribution >= 4 is 41.3 Å². The molecule has 0 amide bonds. The monoisotopic (exact) mass is 434 g/mol. The Morgan fingerprint density at radius 2 is 2.04 bits per heavy atom. The van der Waals surface area contributed by atoms with E-state index < -0.39 is 5.97 Å². The van der Waals surface area contributed by atoms with Crippen molar-refractivity contribution < 1.29 is 9.90 Å². The summed E-state index contributed by atoms with van der Waals surface area (Å²) in [5, 5.41) is 16.1. The second-order valence-electron chi connectivity index (χ2n) is 6.67. The third-order valence-electron chi connectivity index (χ3n) is 4.62. The van der Waals surface area contributed by atoms with Crippen molar-refractivity contribution in [3.63, 3.8) is 0 Å². The highest BCUT2D eigenvalue weighted by Gasteiger charge is 2.18. The number of aromatic carboxylic acids is 1. The van der Waals surface area contributed by atoms with E-state index in [2.05, 4.69) is 27.6 Å². The van der Waals surface area contributed by atoms with E-state index in [0.29, 0.717) is 5.56 Å². The van der Waals surface area contributed by atoms with Gasteiger partial charge >= 0.3 is 5.97 Å². The highest BCUT2D eigenvalue weighted by atomic mass is 35.5. The number of hydrogen-bond acceptors (Lipinski definition) is 5. The Hall–Kier alpha value is -1.60. The Morgan fingerprint density at radius 1 is 1.29 bits per heavy atom. The second-order valence-corrected chi connectivity index (χ2v) is 9.05. The highest BCUT2D eigenvalue weighted by molar-refractivity contribution is 8.02. The molecule has 0 bridgehead atoms. The van der Waals surface area contributed by atoms with E-state index in [4.69, 9.17) is 11.6 Å². The number of allylic oxidation sites excluding steroid dienone is 1. The van der Waals surface area contributed by atoms with Crippen LogP contribution in [0.1, 0.15) is 45.3 Å². The van der Waals surface area contributed by atoms with Gasteiger partial charge in [0.15, 0.2) is 0 Å². The molecule has 1 aliphatic heterocycles. The van der Waals surface area contributed by atoms with E-state index in [1.807, 2.05) is 32.0 Å². The molecule has 148 valence electrons. The maximum absolute atomic E-state index is 11.3. The fourth-order valence-corrected chi connectivity index (χ4v) is 4.88. The van der Waals surface area contributed by atoms with Crippen LogP contribution in [0, 0.1) is 13.8 Å². The minimum absolute atomic E-state index is 0.250. The van der Waals surface area contributed by atoms with E-state index in [1.165, 1.54) is 23.2 Å². The normalized spacial score (nSPS) is 16.0. The maximum Gasteiger partial charge on any atom is 0.336 e. The Labute approximate surface area is 179 Å². The van der Waals surface area contributed by atoms with Crippen molar-refractivity contribution in [3.05, 3.63) is 74.8 Å². The molecule has 7 heteroatoms.